The third-order valence-electron chi connectivity index (χ3n) is 5.88. The van der Waals surface area contributed by atoms with Crippen molar-refractivity contribution in [3.8, 4) is 22.6 Å². The Labute approximate surface area is 160 Å². The van der Waals surface area contributed by atoms with Crippen LogP contribution in [0.2, 0.25) is 0 Å². The normalized spacial score (nSPS) is 20.0. The molecule has 2 atom stereocenters. The van der Waals surface area contributed by atoms with Crippen LogP contribution < -0.4 is 5.73 Å². The maximum absolute atomic E-state index is 11.5. The number of hydrogen-bond donors (Lipinski definition) is 1. The molecule has 4 aromatic rings. The molecule has 2 aliphatic rings. The maximum Gasteiger partial charge on any atom is 0.287 e. The minimum absolute atomic E-state index is 0.129. The van der Waals surface area contributed by atoms with Gasteiger partial charge >= 0.3 is 0 Å². The highest BCUT2D eigenvalue weighted by atomic mass is 16.1. The molecule has 2 bridgehead atoms. The van der Waals surface area contributed by atoms with Crippen molar-refractivity contribution in [2.75, 3.05) is 0 Å². The van der Waals surface area contributed by atoms with Gasteiger partial charge in [-0.1, -0.05) is 6.07 Å². The highest BCUT2D eigenvalue weighted by molar-refractivity contribution is 5.90. The van der Waals surface area contributed by atoms with E-state index in [2.05, 4.69) is 19.7 Å². The molecule has 1 fully saturated rings. The Hall–Kier alpha value is -3.55. The number of fused-ring (bicyclic) bond motifs is 6. The zero-order chi connectivity index (χ0) is 18.8. The van der Waals surface area contributed by atoms with Crippen LogP contribution in [0.5, 0.6) is 0 Å². The van der Waals surface area contributed by atoms with Gasteiger partial charge in [0.2, 0.25) is 5.82 Å². The molecule has 0 radical (unpaired) electrons. The number of carbonyl (C=O) groups excluding carboxylic acids is 1. The molecular weight excluding hydrogens is 354 g/mol. The van der Waals surface area contributed by atoms with E-state index in [1.807, 2.05) is 30.3 Å². The van der Waals surface area contributed by atoms with Gasteiger partial charge in [-0.25, -0.2) is 4.98 Å². The lowest BCUT2D eigenvalue weighted by atomic mass is 10.1. The largest absolute Gasteiger partial charge is 0.363 e. The summed E-state index contributed by atoms with van der Waals surface area (Å²) in [6.45, 7) is 0. The Bertz CT molecular complexity index is 1240. The molecule has 0 saturated heterocycles. The zero-order valence-corrected chi connectivity index (χ0v) is 15.0. The average Bonchev–Trinajstić information content (AvgIpc) is 3.47. The number of nitrogens with two attached hydrogens (primary N) is 1. The predicted octanol–water partition coefficient (Wildman–Crippen LogP) is 2.58. The molecule has 1 aliphatic heterocycles. The molecule has 2 N–H and O–H groups in total. The molecule has 6 rings (SSSR count). The average molecular weight is 371 g/mol. The van der Waals surface area contributed by atoms with Crippen molar-refractivity contribution in [1.29, 1.82) is 0 Å². The van der Waals surface area contributed by atoms with E-state index >= 15 is 0 Å². The summed E-state index contributed by atoms with van der Waals surface area (Å²) in [5.41, 5.74) is 9.77. The van der Waals surface area contributed by atoms with Crippen LogP contribution >= 0.6 is 0 Å². The quantitative estimate of drug-likeness (QED) is 0.596. The molecule has 4 aromatic heterocycles. The number of pyridine rings is 2. The van der Waals surface area contributed by atoms with Crippen LogP contribution in [-0.2, 0) is 0 Å². The Balaban J connectivity index is 1.60. The van der Waals surface area contributed by atoms with Crippen molar-refractivity contribution in [1.82, 2.24) is 29.1 Å². The molecule has 0 spiro atoms. The minimum Gasteiger partial charge on any atom is -0.363 e. The summed E-state index contributed by atoms with van der Waals surface area (Å²) in [7, 11) is 0. The molecule has 28 heavy (non-hydrogen) atoms. The van der Waals surface area contributed by atoms with Gasteiger partial charge in [-0.05, 0) is 43.5 Å². The van der Waals surface area contributed by atoms with Crippen molar-refractivity contribution in [3.05, 3.63) is 54.4 Å². The van der Waals surface area contributed by atoms with Crippen LogP contribution in [0, 0.1) is 0 Å². The van der Waals surface area contributed by atoms with Crippen molar-refractivity contribution in [2.45, 2.75) is 31.2 Å². The fourth-order valence-electron chi connectivity index (χ4n) is 4.70. The lowest BCUT2D eigenvalue weighted by Gasteiger charge is -2.17. The SMILES string of the molecule is NC(=O)c1nnc2cc(-c3c(-c4ccccn4)nc4n3C3CCC4C3)ccn12. The first-order valence-electron chi connectivity index (χ1n) is 9.39. The molecule has 1 saturated carbocycles. The van der Waals surface area contributed by atoms with Crippen molar-refractivity contribution in [2.24, 2.45) is 5.73 Å². The smallest absolute Gasteiger partial charge is 0.287 e. The van der Waals surface area contributed by atoms with Gasteiger partial charge in [-0.15, -0.1) is 10.2 Å². The highest BCUT2D eigenvalue weighted by Gasteiger charge is 2.41. The summed E-state index contributed by atoms with van der Waals surface area (Å²) < 4.78 is 4.00. The molecule has 2 unspecified atom stereocenters. The molecule has 1 amide bonds. The molecule has 138 valence electrons. The number of primary amides is 1. The molecular formula is C20H17N7O. The van der Waals surface area contributed by atoms with Gasteiger partial charge in [-0.2, -0.15) is 0 Å². The number of imidazole rings is 1. The number of rotatable bonds is 3. The summed E-state index contributed by atoms with van der Waals surface area (Å²) in [5.74, 6) is 1.21. The Kier molecular flexibility index (Phi) is 3.03. The second kappa shape index (κ2) is 5.48. The van der Waals surface area contributed by atoms with E-state index in [4.69, 9.17) is 10.7 Å². The van der Waals surface area contributed by atoms with Gasteiger partial charge in [0.15, 0.2) is 5.65 Å². The molecule has 8 heteroatoms. The highest BCUT2D eigenvalue weighted by Crippen LogP contribution is 2.52. The first kappa shape index (κ1) is 15.5. The van der Waals surface area contributed by atoms with Crippen LogP contribution in [0.25, 0.3) is 28.3 Å². The topological polar surface area (TPSA) is 104 Å². The number of amides is 1. The van der Waals surface area contributed by atoms with E-state index in [0.717, 1.165) is 34.9 Å². The van der Waals surface area contributed by atoms with Gasteiger partial charge < -0.3 is 10.3 Å². The minimum atomic E-state index is -0.600. The van der Waals surface area contributed by atoms with Crippen molar-refractivity contribution < 1.29 is 4.79 Å². The van der Waals surface area contributed by atoms with Crippen molar-refractivity contribution in [3.63, 3.8) is 0 Å². The number of hydrogen-bond acceptors (Lipinski definition) is 5. The maximum atomic E-state index is 11.5. The van der Waals surface area contributed by atoms with Crippen molar-refractivity contribution >= 4 is 11.6 Å². The van der Waals surface area contributed by atoms with Gasteiger partial charge in [0.1, 0.15) is 11.5 Å². The van der Waals surface area contributed by atoms with E-state index in [1.165, 1.54) is 12.8 Å². The second-order valence-corrected chi connectivity index (χ2v) is 7.45. The Morgan fingerprint density at radius 1 is 1.18 bits per heavy atom. The summed E-state index contributed by atoms with van der Waals surface area (Å²) in [5, 5.41) is 8.03. The Morgan fingerprint density at radius 3 is 2.93 bits per heavy atom. The lowest BCUT2D eigenvalue weighted by Crippen LogP contribution is -2.15. The van der Waals surface area contributed by atoms with E-state index in [-0.39, 0.29) is 5.82 Å². The number of nitrogens with zero attached hydrogens (tertiary/aromatic N) is 6. The van der Waals surface area contributed by atoms with E-state index < -0.39 is 5.91 Å². The summed E-state index contributed by atoms with van der Waals surface area (Å²) in [4.78, 5) is 21.1. The van der Waals surface area contributed by atoms with Crippen LogP contribution in [-0.4, -0.2) is 35.0 Å². The van der Waals surface area contributed by atoms with Crippen LogP contribution in [0.4, 0.5) is 0 Å². The first-order valence-corrected chi connectivity index (χ1v) is 9.39. The predicted molar refractivity (Wildman–Crippen MR) is 102 cm³/mol. The fourth-order valence-corrected chi connectivity index (χ4v) is 4.70. The summed E-state index contributed by atoms with van der Waals surface area (Å²) in [6, 6.07) is 10.3. The van der Waals surface area contributed by atoms with E-state index in [0.29, 0.717) is 17.6 Å². The molecule has 5 heterocycles. The molecule has 1 aliphatic carbocycles. The summed E-state index contributed by atoms with van der Waals surface area (Å²) in [6.07, 6.45) is 7.13. The lowest BCUT2D eigenvalue weighted by molar-refractivity contribution is 0.0989. The molecule has 0 aromatic carbocycles. The van der Waals surface area contributed by atoms with Gasteiger partial charge in [0.25, 0.3) is 5.91 Å². The number of aromatic nitrogens is 6. The zero-order valence-electron chi connectivity index (χ0n) is 15.0. The fraction of sp³-hybridized carbons (Fsp3) is 0.250. The van der Waals surface area contributed by atoms with Gasteiger partial charge in [0.05, 0.1) is 11.4 Å². The summed E-state index contributed by atoms with van der Waals surface area (Å²) >= 11 is 0. The van der Waals surface area contributed by atoms with Crippen LogP contribution in [0.15, 0.2) is 42.7 Å². The van der Waals surface area contributed by atoms with E-state index in [1.54, 1.807) is 16.8 Å². The second-order valence-electron chi connectivity index (χ2n) is 7.45. The number of carbonyl (C=O) groups is 1. The van der Waals surface area contributed by atoms with Gasteiger partial charge in [0, 0.05) is 29.9 Å². The van der Waals surface area contributed by atoms with Crippen LogP contribution in [0.3, 0.4) is 0 Å². The third-order valence-corrected chi connectivity index (χ3v) is 5.88. The van der Waals surface area contributed by atoms with E-state index in [9.17, 15) is 4.79 Å². The molecule has 8 nitrogen and oxygen atoms in total. The van der Waals surface area contributed by atoms with Gasteiger partial charge in [-0.3, -0.25) is 14.2 Å². The third kappa shape index (κ3) is 2.02. The standard InChI is InChI=1S/C20H17N7O/c21-18(28)20-25-24-15-10-11(6-8-26(15)20)17-16(14-3-1-2-7-22-14)23-19-12-4-5-13(9-12)27(17)19/h1-3,6-8,10,12-13H,4-5,9H2,(H2,21,28). The monoisotopic (exact) mass is 371 g/mol. The first-order chi connectivity index (χ1) is 13.7. The van der Waals surface area contributed by atoms with Crippen LogP contribution in [0.1, 0.15) is 47.7 Å². The Morgan fingerprint density at radius 2 is 2.11 bits per heavy atom.